The molecule has 2 aromatic heterocycles. The maximum atomic E-state index is 13.2. The van der Waals surface area contributed by atoms with Gasteiger partial charge in [0, 0.05) is 28.0 Å². The van der Waals surface area contributed by atoms with Crippen LogP contribution in [0.2, 0.25) is 0 Å². The number of hydrogen-bond acceptors (Lipinski definition) is 4. The van der Waals surface area contributed by atoms with Crippen LogP contribution in [0.15, 0.2) is 65.6 Å². The summed E-state index contributed by atoms with van der Waals surface area (Å²) < 4.78 is 2.06. The Bertz CT molecular complexity index is 1100. The van der Waals surface area contributed by atoms with Gasteiger partial charge in [-0.15, -0.1) is 11.3 Å². The number of anilines is 2. The molecule has 3 nitrogen and oxygen atoms in total. The topological polar surface area (TPSA) is 33.2 Å². The van der Waals surface area contributed by atoms with Crippen molar-refractivity contribution in [2.75, 3.05) is 11.9 Å². The van der Waals surface area contributed by atoms with Crippen molar-refractivity contribution in [2.24, 2.45) is 0 Å². The molecule has 0 saturated heterocycles. The van der Waals surface area contributed by atoms with Crippen molar-refractivity contribution in [2.45, 2.75) is 6.92 Å². The summed E-state index contributed by atoms with van der Waals surface area (Å²) in [6.45, 7) is 2.05. The van der Waals surface area contributed by atoms with E-state index in [2.05, 4.69) is 18.0 Å². The molecule has 0 saturated carbocycles. The molecule has 0 aliphatic rings. The van der Waals surface area contributed by atoms with E-state index in [1.165, 1.54) is 0 Å². The molecule has 0 unspecified atom stereocenters. The van der Waals surface area contributed by atoms with Crippen LogP contribution in [0.3, 0.4) is 0 Å². The molecule has 0 bridgehead atoms. The highest BCUT2D eigenvalue weighted by molar-refractivity contribution is 7.24. The predicted octanol–water partition coefficient (Wildman–Crippen LogP) is 4.89. The Labute approximate surface area is 143 Å². The zero-order valence-corrected chi connectivity index (χ0v) is 14.3. The molecule has 0 aliphatic carbocycles. The zero-order chi connectivity index (χ0) is 16.7. The number of pyridine rings is 1. The van der Waals surface area contributed by atoms with Crippen LogP contribution in [0.5, 0.6) is 0 Å². The normalized spacial score (nSPS) is 11.1. The van der Waals surface area contributed by atoms with Gasteiger partial charge in [0.2, 0.25) is 0 Å². The van der Waals surface area contributed by atoms with Gasteiger partial charge in [-0.2, -0.15) is 0 Å². The van der Waals surface area contributed by atoms with Gasteiger partial charge in [-0.05, 0) is 42.8 Å². The summed E-state index contributed by atoms with van der Waals surface area (Å²) in [5.41, 5.74) is 2.10. The van der Waals surface area contributed by atoms with Crippen LogP contribution in [0, 0.1) is 6.92 Å². The van der Waals surface area contributed by atoms with Gasteiger partial charge in [0.05, 0.1) is 11.1 Å². The minimum Gasteiger partial charge on any atom is -0.329 e. The maximum absolute atomic E-state index is 13.2. The predicted molar refractivity (Wildman–Crippen MR) is 103 cm³/mol. The molecular weight excluding hydrogens is 316 g/mol. The zero-order valence-electron chi connectivity index (χ0n) is 13.5. The number of nitrogens with zero attached hydrogens (tertiary/aromatic N) is 2. The number of benzene rings is 2. The van der Waals surface area contributed by atoms with Gasteiger partial charge >= 0.3 is 0 Å². The van der Waals surface area contributed by atoms with Crippen LogP contribution in [0.1, 0.15) is 5.56 Å². The first-order chi connectivity index (χ1) is 11.7. The fraction of sp³-hybridized carbons (Fsp3) is 0.100. The van der Waals surface area contributed by atoms with Crippen molar-refractivity contribution >= 4 is 43.0 Å². The highest BCUT2D eigenvalue weighted by Gasteiger charge is 2.15. The van der Waals surface area contributed by atoms with Gasteiger partial charge in [0.25, 0.3) is 0 Å². The number of rotatable bonds is 2. The number of fused-ring (bicyclic) bond motifs is 2. The van der Waals surface area contributed by atoms with Crippen LogP contribution in [-0.4, -0.2) is 12.0 Å². The number of aryl methyl sites for hydroxylation is 1. The van der Waals surface area contributed by atoms with Crippen LogP contribution in [0.4, 0.5) is 11.5 Å². The van der Waals surface area contributed by atoms with E-state index in [1.54, 1.807) is 17.5 Å². The third-order valence-corrected chi connectivity index (χ3v) is 5.56. The van der Waals surface area contributed by atoms with Crippen molar-refractivity contribution in [3.05, 3.63) is 76.6 Å². The molecule has 4 aromatic rings. The van der Waals surface area contributed by atoms with Gasteiger partial charge in [-0.25, -0.2) is 4.98 Å². The average molecular weight is 332 g/mol. The standard InChI is InChI=1S/C20H16N2OS/c1-13-10-11-15(22(2)17-9-5-6-12-21-17)18-19(23)14-7-3-4-8-16(14)24-20(13)18/h3-12H,1-2H3. The van der Waals surface area contributed by atoms with E-state index in [0.717, 1.165) is 37.2 Å². The van der Waals surface area contributed by atoms with E-state index in [9.17, 15) is 4.79 Å². The molecule has 0 fully saturated rings. The molecule has 118 valence electrons. The molecule has 2 aromatic carbocycles. The Hall–Kier alpha value is -2.72. The molecular formula is C20H16N2OS. The lowest BCUT2D eigenvalue weighted by Crippen LogP contribution is -2.14. The lowest BCUT2D eigenvalue weighted by molar-refractivity contribution is 1.13. The minimum atomic E-state index is 0.0841. The van der Waals surface area contributed by atoms with E-state index in [-0.39, 0.29) is 5.43 Å². The third kappa shape index (κ3) is 2.27. The molecule has 2 heterocycles. The fourth-order valence-electron chi connectivity index (χ4n) is 2.97. The first kappa shape index (κ1) is 14.8. The summed E-state index contributed by atoms with van der Waals surface area (Å²) >= 11 is 1.67. The van der Waals surface area contributed by atoms with Gasteiger partial charge in [-0.3, -0.25) is 4.79 Å². The molecule has 24 heavy (non-hydrogen) atoms. The maximum Gasteiger partial charge on any atom is 0.197 e. The Balaban J connectivity index is 2.09. The van der Waals surface area contributed by atoms with Crippen LogP contribution < -0.4 is 10.3 Å². The quantitative estimate of drug-likeness (QED) is 0.490. The molecule has 0 spiro atoms. The molecule has 0 radical (unpaired) electrons. The van der Waals surface area contributed by atoms with Gasteiger partial charge < -0.3 is 4.90 Å². The van der Waals surface area contributed by atoms with E-state index >= 15 is 0 Å². The van der Waals surface area contributed by atoms with Crippen LogP contribution >= 0.6 is 11.3 Å². The third-order valence-electron chi connectivity index (χ3n) is 4.26. The molecule has 0 atom stereocenters. The number of aromatic nitrogens is 1. The van der Waals surface area contributed by atoms with Crippen LogP contribution in [0.25, 0.3) is 20.2 Å². The second-order valence-corrected chi connectivity index (χ2v) is 6.83. The molecule has 0 aliphatic heterocycles. The van der Waals surface area contributed by atoms with Gasteiger partial charge in [0.15, 0.2) is 5.43 Å². The molecule has 4 heteroatoms. The van der Waals surface area contributed by atoms with Crippen molar-refractivity contribution in [3.63, 3.8) is 0 Å². The lowest BCUT2D eigenvalue weighted by atomic mass is 10.1. The second-order valence-electron chi connectivity index (χ2n) is 5.78. The summed E-state index contributed by atoms with van der Waals surface area (Å²) in [5.74, 6) is 0.820. The highest BCUT2D eigenvalue weighted by atomic mass is 32.1. The van der Waals surface area contributed by atoms with E-state index in [4.69, 9.17) is 0 Å². The first-order valence-corrected chi connectivity index (χ1v) is 8.58. The Kier molecular flexibility index (Phi) is 3.54. The smallest absolute Gasteiger partial charge is 0.197 e. The first-order valence-electron chi connectivity index (χ1n) is 7.77. The summed E-state index contributed by atoms with van der Waals surface area (Å²) in [6, 6.07) is 17.7. The summed E-state index contributed by atoms with van der Waals surface area (Å²) in [6.07, 6.45) is 1.76. The van der Waals surface area contributed by atoms with Crippen molar-refractivity contribution in [1.82, 2.24) is 4.98 Å². The van der Waals surface area contributed by atoms with Gasteiger partial charge in [-0.1, -0.05) is 24.3 Å². The molecule has 0 amide bonds. The summed E-state index contributed by atoms with van der Waals surface area (Å²) in [4.78, 5) is 19.5. The SMILES string of the molecule is Cc1ccc(N(C)c2ccccn2)c2c(=O)c3ccccc3sc12. The van der Waals surface area contributed by atoms with Gasteiger partial charge in [0.1, 0.15) is 5.82 Å². The van der Waals surface area contributed by atoms with Crippen molar-refractivity contribution < 1.29 is 0 Å². The number of hydrogen-bond donors (Lipinski definition) is 0. The Morgan fingerprint density at radius 3 is 2.58 bits per heavy atom. The largest absolute Gasteiger partial charge is 0.329 e. The van der Waals surface area contributed by atoms with Crippen molar-refractivity contribution in [1.29, 1.82) is 0 Å². The molecule has 0 N–H and O–H groups in total. The Morgan fingerprint density at radius 1 is 1.00 bits per heavy atom. The summed E-state index contributed by atoms with van der Waals surface area (Å²) in [5, 5.41) is 1.54. The highest BCUT2D eigenvalue weighted by Crippen LogP contribution is 2.34. The average Bonchev–Trinajstić information content (AvgIpc) is 2.63. The fourth-order valence-corrected chi connectivity index (χ4v) is 4.14. The molecule has 4 rings (SSSR count). The monoisotopic (exact) mass is 332 g/mol. The van der Waals surface area contributed by atoms with Crippen LogP contribution in [-0.2, 0) is 0 Å². The Morgan fingerprint density at radius 2 is 1.79 bits per heavy atom. The minimum absolute atomic E-state index is 0.0841. The van der Waals surface area contributed by atoms with Crippen molar-refractivity contribution in [3.8, 4) is 0 Å². The van der Waals surface area contributed by atoms with E-state index < -0.39 is 0 Å². The van der Waals surface area contributed by atoms with E-state index in [0.29, 0.717) is 0 Å². The second kappa shape index (κ2) is 5.73. The van der Waals surface area contributed by atoms with E-state index in [1.807, 2.05) is 60.5 Å². The summed E-state index contributed by atoms with van der Waals surface area (Å²) in [7, 11) is 1.95. The lowest BCUT2D eigenvalue weighted by Gasteiger charge is -2.20.